The molecule has 1 rings (SSSR count). The van der Waals surface area contributed by atoms with Crippen LogP contribution >= 0.6 is 0 Å². The molecule has 0 aromatic heterocycles. The van der Waals surface area contributed by atoms with Crippen LogP contribution < -0.4 is 0 Å². The number of rotatable bonds is 0. The van der Waals surface area contributed by atoms with Gasteiger partial charge in [0.1, 0.15) is 0 Å². The molecule has 1 unspecified atom stereocenters. The van der Waals surface area contributed by atoms with Gasteiger partial charge in [0.2, 0.25) is 0 Å². The van der Waals surface area contributed by atoms with Crippen LogP contribution in [0.4, 0.5) is 0 Å². The number of allylic oxidation sites excluding steroid dienone is 4. The van der Waals surface area contributed by atoms with E-state index in [1.807, 2.05) is 6.08 Å². The average molecular weight is 93.1 g/mol. The Morgan fingerprint density at radius 3 is 2.86 bits per heavy atom. The van der Waals surface area contributed by atoms with E-state index in [1.54, 1.807) is 0 Å². The van der Waals surface area contributed by atoms with E-state index < -0.39 is 0 Å². The molecule has 0 saturated heterocycles. The van der Waals surface area contributed by atoms with Gasteiger partial charge in [0.15, 0.2) is 6.08 Å². The Morgan fingerprint density at radius 1 is 1.71 bits per heavy atom. The zero-order valence-electron chi connectivity index (χ0n) is 4.52. The Hall–Kier alpha value is -0.610. The molecule has 0 aromatic carbocycles. The Bertz CT molecular complexity index is 98.6. The summed E-state index contributed by atoms with van der Waals surface area (Å²) >= 11 is 0. The van der Waals surface area contributed by atoms with E-state index in [1.165, 1.54) is 0 Å². The Morgan fingerprint density at radius 2 is 2.57 bits per heavy atom. The lowest BCUT2D eigenvalue weighted by Crippen LogP contribution is -1.88. The molecule has 36 valence electrons. The lowest BCUT2D eigenvalue weighted by Gasteiger charge is -1.92. The molecule has 0 heteroatoms. The van der Waals surface area contributed by atoms with Crippen molar-refractivity contribution < 1.29 is 0 Å². The fourth-order valence-electron chi connectivity index (χ4n) is 0.620. The van der Waals surface area contributed by atoms with Crippen molar-refractivity contribution in [2.45, 2.75) is 13.3 Å². The Balaban J connectivity index is 2.49. The first kappa shape index (κ1) is 4.55. The summed E-state index contributed by atoms with van der Waals surface area (Å²) in [4.78, 5) is 0. The summed E-state index contributed by atoms with van der Waals surface area (Å²) in [7, 11) is 0. The maximum Gasteiger partial charge on any atom is 0.155 e. The van der Waals surface area contributed by atoms with E-state index in [9.17, 15) is 0 Å². The predicted molar refractivity (Wildman–Crippen MR) is 30.7 cm³/mol. The first-order valence-corrected chi connectivity index (χ1v) is 2.64. The van der Waals surface area contributed by atoms with Gasteiger partial charge in [0.05, 0.1) is 18.2 Å². The SMILES string of the molecule is CC1C=C[C+]=CC1. The van der Waals surface area contributed by atoms with Crippen LogP contribution in [0.2, 0.25) is 0 Å². The van der Waals surface area contributed by atoms with E-state index in [0.29, 0.717) is 0 Å². The van der Waals surface area contributed by atoms with Gasteiger partial charge in [-0.1, -0.05) is 0 Å². The van der Waals surface area contributed by atoms with Gasteiger partial charge >= 0.3 is 0 Å². The molecule has 0 bridgehead atoms. The van der Waals surface area contributed by atoms with Crippen LogP contribution in [0, 0.1) is 12.0 Å². The van der Waals surface area contributed by atoms with E-state index in [2.05, 4.69) is 25.2 Å². The maximum atomic E-state index is 3.01. The molecule has 0 fully saturated rings. The van der Waals surface area contributed by atoms with Gasteiger partial charge in [-0.3, -0.25) is 0 Å². The second kappa shape index (κ2) is 1.90. The fourth-order valence-corrected chi connectivity index (χ4v) is 0.620. The highest BCUT2D eigenvalue weighted by Gasteiger charge is 2.02. The Kier molecular flexibility index (Phi) is 1.24. The highest BCUT2D eigenvalue weighted by Crippen LogP contribution is 2.07. The van der Waals surface area contributed by atoms with Crippen LogP contribution in [0.5, 0.6) is 0 Å². The summed E-state index contributed by atoms with van der Waals surface area (Å²) in [5.41, 5.74) is 0. The second-order valence-electron chi connectivity index (χ2n) is 1.94. The zero-order chi connectivity index (χ0) is 5.11. The van der Waals surface area contributed by atoms with Gasteiger partial charge in [-0.2, -0.15) is 0 Å². The van der Waals surface area contributed by atoms with Gasteiger partial charge in [-0.25, -0.2) is 0 Å². The molecule has 1 atom stereocenters. The number of hydrogen-bond acceptors (Lipinski definition) is 0. The molecule has 0 nitrogen and oxygen atoms in total. The quantitative estimate of drug-likeness (QED) is 0.401. The third-order valence-corrected chi connectivity index (χ3v) is 1.13. The normalized spacial score (nSPS) is 27.3. The monoisotopic (exact) mass is 93.1 g/mol. The molecule has 0 spiro atoms. The molecule has 0 heterocycles. The summed E-state index contributed by atoms with van der Waals surface area (Å²) in [6, 6.07) is 0. The highest BCUT2D eigenvalue weighted by molar-refractivity contribution is 5.03. The van der Waals surface area contributed by atoms with Crippen LogP contribution in [-0.4, -0.2) is 0 Å². The second-order valence-corrected chi connectivity index (χ2v) is 1.94. The van der Waals surface area contributed by atoms with Crippen molar-refractivity contribution in [2.75, 3.05) is 0 Å². The van der Waals surface area contributed by atoms with Crippen LogP contribution in [-0.2, 0) is 0 Å². The summed E-state index contributed by atoms with van der Waals surface area (Å²) in [6.45, 7) is 2.20. The third-order valence-electron chi connectivity index (χ3n) is 1.13. The van der Waals surface area contributed by atoms with E-state index >= 15 is 0 Å². The molecule has 0 N–H and O–H groups in total. The van der Waals surface area contributed by atoms with Crippen LogP contribution in [0.1, 0.15) is 13.3 Å². The minimum Gasteiger partial charge on any atom is -0.0406 e. The van der Waals surface area contributed by atoms with Crippen molar-refractivity contribution in [3.63, 3.8) is 0 Å². The third kappa shape index (κ3) is 1.13. The largest absolute Gasteiger partial charge is 0.155 e. The molecule has 1 aliphatic rings. The van der Waals surface area contributed by atoms with Crippen LogP contribution in [0.15, 0.2) is 18.2 Å². The smallest absolute Gasteiger partial charge is 0.0406 e. The van der Waals surface area contributed by atoms with Gasteiger partial charge < -0.3 is 0 Å². The standard InChI is InChI=1S/C7H9/c1-7-5-3-2-4-6-7/h3-5,7H,6H2,1H3/q+1. The van der Waals surface area contributed by atoms with Crippen molar-refractivity contribution in [3.05, 3.63) is 24.3 Å². The van der Waals surface area contributed by atoms with Crippen LogP contribution in [0.3, 0.4) is 0 Å². The van der Waals surface area contributed by atoms with Crippen molar-refractivity contribution in [2.24, 2.45) is 5.92 Å². The molecule has 0 amide bonds. The predicted octanol–water partition coefficient (Wildman–Crippen LogP) is 1.94. The van der Waals surface area contributed by atoms with E-state index in [4.69, 9.17) is 0 Å². The first-order valence-electron chi connectivity index (χ1n) is 2.64. The van der Waals surface area contributed by atoms with E-state index in [0.717, 1.165) is 12.3 Å². The molecule has 0 aliphatic heterocycles. The van der Waals surface area contributed by atoms with Crippen LogP contribution in [0.25, 0.3) is 0 Å². The van der Waals surface area contributed by atoms with Gasteiger partial charge in [0, 0.05) is 12.3 Å². The van der Waals surface area contributed by atoms with Crippen molar-refractivity contribution >= 4 is 0 Å². The van der Waals surface area contributed by atoms with Gasteiger partial charge in [-0.15, -0.1) is 0 Å². The van der Waals surface area contributed by atoms with Crippen molar-refractivity contribution in [3.8, 4) is 0 Å². The lowest BCUT2D eigenvalue weighted by atomic mass is 10.0. The summed E-state index contributed by atoms with van der Waals surface area (Å²) in [6.07, 6.45) is 10.4. The molecular weight excluding hydrogens is 84.1 g/mol. The average Bonchev–Trinajstić information content (AvgIpc) is 1.69. The summed E-state index contributed by atoms with van der Waals surface area (Å²) in [5, 5.41) is 0. The van der Waals surface area contributed by atoms with Gasteiger partial charge in [-0.05, 0) is 6.92 Å². The molecular formula is C7H9+. The Labute approximate surface area is 44.5 Å². The zero-order valence-corrected chi connectivity index (χ0v) is 4.52. The maximum absolute atomic E-state index is 3.01. The highest BCUT2D eigenvalue weighted by atomic mass is 14.0. The van der Waals surface area contributed by atoms with E-state index in [-0.39, 0.29) is 0 Å². The molecule has 0 radical (unpaired) electrons. The lowest BCUT2D eigenvalue weighted by molar-refractivity contribution is 0.734. The minimum atomic E-state index is 0.737. The molecule has 0 aromatic rings. The minimum absolute atomic E-state index is 0.737. The van der Waals surface area contributed by atoms with Crippen molar-refractivity contribution in [1.82, 2.24) is 0 Å². The summed E-state index contributed by atoms with van der Waals surface area (Å²) < 4.78 is 0. The molecule has 0 saturated carbocycles. The number of hydrogen-bond donors (Lipinski definition) is 0. The first-order chi connectivity index (χ1) is 3.39. The summed E-state index contributed by atoms with van der Waals surface area (Å²) in [5.74, 6) is 0.737. The topological polar surface area (TPSA) is 0 Å². The molecule has 1 aliphatic carbocycles. The molecule has 7 heavy (non-hydrogen) atoms. The fraction of sp³-hybridized carbons (Fsp3) is 0.429. The van der Waals surface area contributed by atoms with Crippen molar-refractivity contribution in [1.29, 1.82) is 0 Å². The van der Waals surface area contributed by atoms with Gasteiger partial charge in [0.25, 0.3) is 0 Å².